The van der Waals surface area contributed by atoms with Gasteiger partial charge in [0.25, 0.3) is 0 Å². The minimum absolute atomic E-state index is 0.342. The highest BCUT2D eigenvalue weighted by Crippen LogP contribution is 2.40. The zero-order valence-electron chi connectivity index (χ0n) is 11.6. The molecule has 0 aliphatic carbocycles. The maximum absolute atomic E-state index is 5.88. The van der Waals surface area contributed by atoms with Gasteiger partial charge in [0.05, 0.1) is 13.3 Å². The number of imidazole rings is 1. The van der Waals surface area contributed by atoms with Crippen molar-refractivity contribution in [2.75, 3.05) is 27.4 Å². The van der Waals surface area contributed by atoms with Crippen molar-refractivity contribution in [1.29, 1.82) is 0 Å². The lowest BCUT2D eigenvalue weighted by molar-refractivity contribution is -0.0959. The lowest BCUT2D eigenvalue weighted by Gasteiger charge is -2.37. The van der Waals surface area contributed by atoms with Gasteiger partial charge >= 0.3 is 0 Å². The van der Waals surface area contributed by atoms with Gasteiger partial charge in [-0.1, -0.05) is 0 Å². The van der Waals surface area contributed by atoms with E-state index < -0.39 is 0 Å². The zero-order valence-corrected chi connectivity index (χ0v) is 13.7. The summed E-state index contributed by atoms with van der Waals surface area (Å²) in [5.41, 5.74) is 1.60. The molecule has 1 aliphatic rings. The maximum Gasteiger partial charge on any atom is 0.141 e. The minimum atomic E-state index is -0.342. The quantitative estimate of drug-likeness (QED) is 0.759. The van der Waals surface area contributed by atoms with Crippen LogP contribution in [0.1, 0.15) is 18.4 Å². The summed E-state index contributed by atoms with van der Waals surface area (Å²) in [6.07, 6.45) is 5.59. The number of hydrogen-bond donors (Lipinski definition) is 0. The van der Waals surface area contributed by atoms with Crippen molar-refractivity contribution in [2.24, 2.45) is 0 Å². The first-order valence-electron chi connectivity index (χ1n) is 6.54. The number of aromatic nitrogens is 2. The second kappa shape index (κ2) is 5.50. The average Bonchev–Trinajstić information content (AvgIpc) is 2.87. The number of rotatable bonds is 3. The van der Waals surface area contributed by atoms with E-state index in [-0.39, 0.29) is 5.60 Å². The fourth-order valence-electron chi connectivity index (χ4n) is 2.77. The first kappa shape index (κ1) is 14.1. The number of nitrogens with zero attached hydrogens (tertiary/aromatic N) is 2. The van der Waals surface area contributed by atoms with Crippen molar-refractivity contribution in [2.45, 2.75) is 18.4 Å². The average molecular weight is 388 g/mol. The van der Waals surface area contributed by atoms with Gasteiger partial charge in [-0.2, -0.15) is 0 Å². The molecule has 0 unspecified atom stereocenters. The van der Waals surface area contributed by atoms with Crippen LogP contribution in [0.15, 0.2) is 18.5 Å². The van der Waals surface area contributed by atoms with Crippen LogP contribution in [-0.4, -0.2) is 36.8 Å². The third kappa shape index (κ3) is 2.19. The molecule has 5 nitrogen and oxygen atoms in total. The van der Waals surface area contributed by atoms with Gasteiger partial charge in [-0.3, -0.25) is 4.40 Å². The Bertz CT molecular complexity index is 620. The van der Waals surface area contributed by atoms with Gasteiger partial charge < -0.3 is 14.2 Å². The van der Waals surface area contributed by atoms with Gasteiger partial charge in [-0.15, -0.1) is 0 Å². The monoisotopic (exact) mass is 388 g/mol. The molecule has 0 radical (unpaired) electrons. The molecular formula is C14H17IN2O3. The largest absolute Gasteiger partial charge is 0.496 e. The van der Waals surface area contributed by atoms with Crippen molar-refractivity contribution >= 4 is 28.2 Å². The van der Waals surface area contributed by atoms with Crippen LogP contribution in [0.4, 0.5) is 0 Å². The number of methoxy groups -OCH3 is 2. The van der Waals surface area contributed by atoms with Crippen LogP contribution in [0.2, 0.25) is 0 Å². The van der Waals surface area contributed by atoms with Gasteiger partial charge in [0.2, 0.25) is 0 Å². The third-order valence-electron chi connectivity index (χ3n) is 3.97. The molecular weight excluding hydrogens is 371 g/mol. The Labute approximate surface area is 131 Å². The van der Waals surface area contributed by atoms with Crippen LogP contribution >= 0.6 is 22.6 Å². The molecule has 1 fully saturated rings. The Morgan fingerprint density at radius 1 is 1.35 bits per heavy atom. The second-order valence-electron chi connectivity index (χ2n) is 4.88. The van der Waals surface area contributed by atoms with Crippen molar-refractivity contribution < 1.29 is 14.2 Å². The van der Waals surface area contributed by atoms with E-state index in [2.05, 4.69) is 38.2 Å². The van der Waals surface area contributed by atoms with Gasteiger partial charge in [-0.05, 0) is 22.6 Å². The molecule has 0 atom stereocenters. The standard InChI is InChI=1S/C14H17IN2O3/c1-18-11-7-13-16-8-12(15)17(13)9-10(11)14(19-2)3-5-20-6-4-14/h7-9H,3-6H2,1-2H3. The molecule has 0 bridgehead atoms. The second-order valence-corrected chi connectivity index (χ2v) is 5.98. The molecule has 0 saturated carbocycles. The van der Waals surface area contributed by atoms with Crippen LogP contribution in [0.3, 0.4) is 0 Å². The smallest absolute Gasteiger partial charge is 0.141 e. The lowest BCUT2D eigenvalue weighted by atomic mass is 9.86. The first-order chi connectivity index (χ1) is 9.70. The Kier molecular flexibility index (Phi) is 3.87. The van der Waals surface area contributed by atoms with Crippen LogP contribution in [0.25, 0.3) is 5.65 Å². The summed E-state index contributed by atoms with van der Waals surface area (Å²) < 4.78 is 20.1. The Balaban J connectivity index is 2.19. The first-order valence-corrected chi connectivity index (χ1v) is 7.62. The van der Waals surface area contributed by atoms with Crippen molar-refractivity contribution in [3.63, 3.8) is 0 Å². The SMILES string of the molecule is COc1cc2ncc(I)n2cc1C1(OC)CCOCC1. The molecule has 0 N–H and O–H groups in total. The van der Waals surface area contributed by atoms with E-state index in [1.54, 1.807) is 14.2 Å². The molecule has 2 aromatic heterocycles. The Hall–Kier alpha value is -0.860. The van der Waals surface area contributed by atoms with E-state index in [9.17, 15) is 0 Å². The van der Waals surface area contributed by atoms with Crippen LogP contribution in [0.5, 0.6) is 5.75 Å². The summed E-state index contributed by atoms with van der Waals surface area (Å²) in [5, 5.41) is 0. The summed E-state index contributed by atoms with van der Waals surface area (Å²) in [6, 6.07) is 1.97. The summed E-state index contributed by atoms with van der Waals surface area (Å²) in [6.45, 7) is 1.41. The molecule has 1 aliphatic heterocycles. The number of pyridine rings is 1. The highest BCUT2D eigenvalue weighted by atomic mass is 127. The van der Waals surface area contributed by atoms with Crippen molar-refractivity contribution in [3.8, 4) is 5.75 Å². The molecule has 2 aromatic rings. The number of hydrogen-bond acceptors (Lipinski definition) is 4. The van der Waals surface area contributed by atoms with Crippen LogP contribution in [0, 0.1) is 3.70 Å². The summed E-state index contributed by atoms with van der Waals surface area (Å²) >= 11 is 2.28. The molecule has 0 aromatic carbocycles. The molecule has 108 valence electrons. The fraction of sp³-hybridized carbons (Fsp3) is 0.500. The highest BCUT2D eigenvalue weighted by molar-refractivity contribution is 14.1. The molecule has 6 heteroatoms. The van der Waals surface area contributed by atoms with E-state index in [4.69, 9.17) is 14.2 Å². The van der Waals surface area contributed by atoms with Gasteiger partial charge in [0, 0.05) is 51.0 Å². The minimum Gasteiger partial charge on any atom is -0.496 e. The Morgan fingerprint density at radius 3 is 2.75 bits per heavy atom. The third-order valence-corrected chi connectivity index (χ3v) is 4.76. The van der Waals surface area contributed by atoms with E-state index in [0.717, 1.165) is 33.5 Å². The van der Waals surface area contributed by atoms with Crippen LogP contribution < -0.4 is 4.74 Å². The normalized spacial score (nSPS) is 18.4. The lowest BCUT2D eigenvalue weighted by Crippen LogP contribution is -2.36. The maximum atomic E-state index is 5.88. The number of ether oxygens (including phenoxy) is 3. The summed E-state index contributed by atoms with van der Waals surface area (Å²) in [5.74, 6) is 0.822. The van der Waals surface area contributed by atoms with E-state index in [1.807, 2.05) is 12.3 Å². The van der Waals surface area contributed by atoms with E-state index in [0.29, 0.717) is 13.2 Å². The zero-order chi connectivity index (χ0) is 14.2. The van der Waals surface area contributed by atoms with E-state index >= 15 is 0 Å². The molecule has 0 spiro atoms. The Morgan fingerprint density at radius 2 is 2.10 bits per heavy atom. The predicted octanol–water partition coefficient (Wildman–Crippen LogP) is 2.60. The fourth-order valence-corrected chi connectivity index (χ4v) is 3.30. The molecule has 3 rings (SSSR count). The molecule has 20 heavy (non-hydrogen) atoms. The highest BCUT2D eigenvalue weighted by Gasteiger charge is 2.37. The molecule has 1 saturated heterocycles. The van der Waals surface area contributed by atoms with Crippen LogP contribution in [-0.2, 0) is 15.1 Å². The number of halogens is 1. The van der Waals surface area contributed by atoms with E-state index in [1.165, 1.54) is 0 Å². The van der Waals surface area contributed by atoms with Gasteiger partial charge in [-0.25, -0.2) is 4.98 Å². The van der Waals surface area contributed by atoms with Crippen molar-refractivity contribution in [1.82, 2.24) is 9.38 Å². The number of fused-ring (bicyclic) bond motifs is 1. The summed E-state index contributed by atoms with van der Waals surface area (Å²) in [7, 11) is 3.44. The summed E-state index contributed by atoms with van der Waals surface area (Å²) in [4.78, 5) is 4.37. The van der Waals surface area contributed by atoms with Gasteiger partial charge in [0.15, 0.2) is 0 Å². The van der Waals surface area contributed by atoms with Crippen molar-refractivity contribution in [3.05, 3.63) is 27.7 Å². The van der Waals surface area contributed by atoms with Gasteiger partial charge in [0.1, 0.15) is 20.7 Å². The molecule has 0 amide bonds. The molecule has 3 heterocycles. The predicted molar refractivity (Wildman–Crippen MR) is 83.2 cm³/mol. The topological polar surface area (TPSA) is 45.0 Å².